The molecule has 0 saturated carbocycles. The number of carbonyl (C=O) groups excluding carboxylic acids is 1. The molecule has 4 nitrogen and oxygen atoms in total. The van der Waals surface area contributed by atoms with Gasteiger partial charge in [-0.05, 0) is 36.7 Å². The smallest absolute Gasteiger partial charge is 0.270 e. The van der Waals surface area contributed by atoms with E-state index in [9.17, 15) is 9.18 Å². The molecular formula is C18H20FN3OS2. The number of likely N-dealkylation sites (N-methyl/N-ethyl adjacent to an activating group) is 1. The van der Waals surface area contributed by atoms with Crippen molar-refractivity contribution in [3.05, 3.63) is 46.4 Å². The zero-order valence-electron chi connectivity index (χ0n) is 14.2. The van der Waals surface area contributed by atoms with Crippen molar-refractivity contribution in [3.63, 3.8) is 0 Å². The molecule has 2 heterocycles. The number of thiophene rings is 1. The third kappa shape index (κ3) is 3.89. The maximum absolute atomic E-state index is 14.0. The van der Waals surface area contributed by atoms with E-state index >= 15 is 0 Å². The quantitative estimate of drug-likeness (QED) is 0.609. The first-order valence-electron chi connectivity index (χ1n) is 8.26. The Kier molecular flexibility index (Phi) is 5.78. The van der Waals surface area contributed by atoms with Crippen molar-refractivity contribution in [3.8, 4) is 0 Å². The van der Waals surface area contributed by atoms with Gasteiger partial charge in [0, 0.05) is 13.1 Å². The number of amides is 1. The summed E-state index contributed by atoms with van der Waals surface area (Å²) in [5.74, 6) is -0.436. The number of nitrogens with zero attached hydrogens (tertiary/aromatic N) is 3. The third-order valence-electron chi connectivity index (χ3n) is 4.10. The van der Waals surface area contributed by atoms with E-state index in [1.807, 2.05) is 23.6 Å². The molecule has 0 saturated heterocycles. The second kappa shape index (κ2) is 8.03. The second-order valence-corrected chi connectivity index (χ2v) is 7.50. The van der Waals surface area contributed by atoms with Crippen LogP contribution in [0.4, 0.5) is 9.52 Å². The number of aromatic nitrogens is 1. The van der Waals surface area contributed by atoms with Crippen LogP contribution in [0.3, 0.4) is 0 Å². The molecule has 0 bridgehead atoms. The number of rotatable bonds is 7. The maximum atomic E-state index is 14.0. The van der Waals surface area contributed by atoms with Crippen molar-refractivity contribution in [2.75, 3.05) is 31.1 Å². The lowest BCUT2D eigenvalue weighted by atomic mass is 10.3. The van der Waals surface area contributed by atoms with Crippen LogP contribution in [0, 0.1) is 5.82 Å². The lowest BCUT2D eigenvalue weighted by Crippen LogP contribution is -2.38. The van der Waals surface area contributed by atoms with E-state index in [1.54, 1.807) is 11.0 Å². The minimum Gasteiger partial charge on any atom is -0.302 e. The Morgan fingerprint density at radius 2 is 1.96 bits per heavy atom. The molecule has 25 heavy (non-hydrogen) atoms. The van der Waals surface area contributed by atoms with E-state index in [0.717, 1.165) is 24.3 Å². The normalized spacial score (nSPS) is 11.4. The molecule has 3 rings (SSSR count). The van der Waals surface area contributed by atoms with Gasteiger partial charge in [0.2, 0.25) is 0 Å². The Hall–Kier alpha value is -1.83. The Balaban J connectivity index is 1.94. The zero-order chi connectivity index (χ0) is 17.8. The maximum Gasteiger partial charge on any atom is 0.270 e. The first-order chi connectivity index (χ1) is 12.1. The van der Waals surface area contributed by atoms with Gasteiger partial charge in [0.15, 0.2) is 5.13 Å². The predicted molar refractivity (Wildman–Crippen MR) is 103 cm³/mol. The molecule has 0 aliphatic rings. The zero-order valence-corrected chi connectivity index (χ0v) is 15.9. The van der Waals surface area contributed by atoms with Gasteiger partial charge in [-0.15, -0.1) is 11.3 Å². The van der Waals surface area contributed by atoms with E-state index in [-0.39, 0.29) is 11.7 Å². The van der Waals surface area contributed by atoms with E-state index < -0.39 is 0 Å². The highest BCUT2D eigenvalue weighted by molar-refractivity contribution is 7.22. The van der Waals surface area contributed by atoms with Gasteiger partial charge in [-0.1, -0.05) is 37.3 Å². The Morgan fingerprint density at radius 1 is 1.16 bits per heavy atom. The van der Waals surface area contributed by atoms with Crippen LogP contribution in [0.25, 0.3) is 10.2 Å². The molecule has 0 atom stereocenters. The van der Waals surface area contributed by atoms with Gasteiger partial charge in [-0.25, -0.2) is 9.37 Å². The monoisotopic (exact) mass is 377 g/mol. The Labute approximate surface area is 154 Å². The minimum absolute atomic E-state index is 0.0818. The highest BCUT2D eigenvalue weighted by Gasteiger charge is 2.23. The summed E-state index contributed by atoms with van der Waals surface area (Å²) in [4.78, 5) is 21.9. The van der Waals surface area contributed by atoms with Crippen molar-refractivity contribution < 1.29 is 9.18 Å². The van der Waals surface area contributed by atoms with Crippen molar-refractivity contribution in [1.82, 2.24) is 9.88 Å². The average molecular weight is 378 g/mol. The molecule has 0 spiro atoms. The van der Waals surface area contributed by atoms with Gasteiger partial charge < -0.3 is 4.90 Å². The molecule has 1 amide bonds. The van der Waals surface area contributed by atoms with Crippen molar-refractivity contribution in [2.24, 2.45) is 0 Å². The van der Waals surface area contributed by atoms with E-state index in [4.69, 9.17) is 0 Å². The Morgan fingerprint density at radius 3 is 2.60 bits per heavy atom. The van der Waals surface area contributed by atoms with Gasteiger partial charge in [-0.2, -0.15) is 0 Å². The molecule has 0 aliphatic heterocycles. The molecule has 7 heteroatoms. The lowest BCUT2D eigenvalue weighted by molar-refractivity contribution is 0.0987. The SMILES string of the molecule is CCN(CC)CCN(C(=O)c1cccs1)c1nc2c(F)cccc2s1. The number of para-hydroxylation sites is 1. The summed E-state index contributed by atoms with van der Waals surface area (Å²) in [7, 11) is 0. The summed E-state index contributed by atoms with van der Waals surface area (Å²) in [5, 5.41) is 2.43. The van der Waals surface area contributed by atoms with Gasteiger partial charge >= 0.3 is 0 Å². The van der Waals surface area contributed by atoms with Crippen LogP contribution >= 0.6 is 22.7 Å². The second-order valence-electron chi connectivity index (χ2n) is 5.54. The standard InChI is InChI=1S/C18H20FN3OS2/c1-3-21(4-2)10-11-22(17(23)15-9-6-12-24-15)18-20-16-13(19)7-5-8-14(16)25-18/h5-9,12H,3-4,10-11H2,1-2H3. The summed E-state index contributed by atoms with van der Waals surface area (Å²) in [6.45, 7) is 7.32. The minimum atomic E-state index is -0.354. The number of benzene rings is 1. The summed E-state index contributed by atoms with van der Waals surface area (Å²) in [6, 6.07) is 8.57. The number of hydrogen-bond acceptors (Lipinski definition) is 5. The van der Waals surface area contributed by atoms with Crippen LogP contribution in [0.5, 0.6) is 0 Å². The topological polar surface area (TPSA) is 36.4 Å². The van der Waals surface area contributed by atoms with E-state index in [2.05, 4.69) is 23.7 Å². The molecule has 0 unspecified atom stereocenters. The molecule has 0 aliphatic carbocycles. The summed E-state index contributed by atoms with van der Waals surface area (Å²) in [5.41, 5.74) is 0.328. The van der Waals surface area contributed by atoms with Crippen molar-refractivity contribution in [1.29, 1.82) is 0 Å². The third-order valence-corrected chi connectivity index (χ3v) is 6.00. The Bertz CT molecular complexity index is 843. The van der Waals surface area contributed by atoms with Gasteiger partial charge in [0.05, 0.1) is 9.58 Å². The van der Waals surface area contributed by atoms with Gasteiger partial charge in [0.25, 0.3) is 5.91 Å². The van der Waals surface area contributed by atoms with Crippen molar-refractivity contribution in [2.45, 2.75) is 13.8 Å². The molecular weight excluding hydrogens is 357 g/mol. The molecule has 3 aromatic rings. The number of hydrogen-bond donors (Lipinski definition) is 0. The lowest BCUT2D eigenvalue weighted by Gasteiger charge is -2.24. The van der Waals surface area contributed by atoms with E-state index in [1.165, 1.54) is 28.7 Å². The molecule has 2 aromatic heterocycles. The number of fused-ring (bicyclic) bond motifs is 1. The fourth-order valence-electron chi connectivity index (χ4n) is 2.62. The van der Waals surface area contributed by atoms with Crippen LogP contribution in [-0.4, -0.2) is 42.0 Å². The van der Waals surface area contributed by atoms with Crippen LogP contribution in [0.15, 0.2) is 35.7 Å². The summed E-state index contributed by atoms with van der Waals surface area (Å²) < 4.78 is 14.7. The highest BCUT2D eigenvalue weighted by atomic mass is 32.1. The van der Waals surface area contributed by atoms with Crippen LogP contribution in [0.1, 0.15) is 23.5 Å². The number of anilines is 1. The molecule has 1 aromatic carbocycles. The molecule has 0 fully saturated rings. The summed E-state index contributed by atoms with van der Waals surface area (Å²) >= 11 is 2.76. The predicted octanol–water partition coefficient (Wildman–Crippen LogP) is 4.49. The molecule has 0 radical (unpaired) electrons. The first-order valence-corrected chi connectivity index (χ1v) is 9.96. The van der Waals surface area contributed by atoms with Gasteiger partial charge in [-0.3, -0.25) is 9.69 Å². The number of carbonyl (C=O) groups is 1. The van der Waals surface area contributed by atoms with Crippen LogP contribution < -0.4 is 4.90 Å². The van der Waals surface area contributed by atoms with Crippen LogP contribution in [0.2, 0.25) is 0 Å². The van der Waals surface area contributed by atoms with Crippen LogP contribution in [-0.2, 0) is 0 Å². The highest BCUT2D eigenvalue weighted by Crippen LogP contribution is 2.31. The largest absolute Gasteiger partial charge is 0.302 e. The molecule has 0 N–H and O–H groups in total. The van der Waals surface area contributed by atoms with E-state index in [0.29, 0.717) is 22.1 Å². The van der Waals surface area contributed by atoms with Gasteiger partial charge in [0.1, 0.15) is 11.3 Å². The number of halogens is 1. The summed E-state index contributed by atoms with van der Waals surface area (Å²) in [6.07, 6.45) is 0. The first kappa shape index (κ1) is 18.0. The fraction of sp³-hybridized carbons (Fsp3) is 0.333. The fourth-order valence-corrected chi connectivity index (χ4v) is 4.29. The number of thiazole rings is 1. The average Bonchev–Trinajstić information content (AvgIpc) is 3.28. The van der Waals surface area contributed by atoms with Crippen molar-refractivity contribution >= 4 is 43.9 Å². The molecule has 132 valence electrons.